The number of amides is 1. The minimum absolute atomic E-state index is 0. The molecule has 1 aliphatic heterocycles. The van der Waals surface area contributed by atoms with Gasteiger partial charge in [0.25, 0.3) is 0 Å². The summed E-state index contributed by atoms with van der Waals surface area (Å²) in [6.07, 6.45) is 3.31. The van der Waals surface area contributed by atoms with E-state index in [1.807, 2.05) is 11.8 Å². The molecule has 1 saturated heterocycles. The van der Waals surface area contributed by atoms with Crippen molar-refractivity contribution in [3.05, 3.63) is 0 Å². The molecule has 6 nitrogen and oxygen atoms in total. The van der Waals surface area contributed by atoms with Gasteiger partial charge in [-0.25, -0.2) is 4.99 Å². The minimum atomic E-state index is 0. The van der Waals surface area contributed by atoms with Crippen molar-refractivity contribution in [2.45, 2.75) is 40.0 Å². The topological polar surface area (TPSA) is 66.0 Å². The molecule has 136 valence electrons. The lowest BCUT2D eigenvalue weighted by Gasteiger charge is -2.15. The SMILES string of the molecule is CCNC(=NCC(=O)N1CCCC1)NCCOCCC(C)C.I. The summed E-state index contributed by atoms with van der Waals surface area (Å²) in [6.45, 7) is 11.3. The zero-order valence-electron chi connectivity index (χ0n) is 14.8. The van der Waals surface area contributed by atoms with Gasteiger partial charge in [0.2, 0.25) is 5.91 Å². The number of likely N-dealkylation sites (tertiary alicyclic amines) is 1. The molecule has 0 bridgehead atoms. The Kier molecular flexibility index (Phi) is 13.5. The maximum Gasteiger partial charge on any atom is 0.244 e. The number of aliphatic imine (C=N–C) groups is 1. The lowest BCUT2D eigenvalue weighted by molar-refractivity contribution is -0.128. The molecule has 0 saturated carbocycles. The van der Waals surface area contributed by atoms with Crippen molar-refractivity contribution in [2.75, 3.05) is 45.9 Å². The van der Waals surface area contributed by atoms with Crippen molar-refractivity contribution < 1.29 is 9.53 Å². The number of nitrogens with one attached hydrogen (secondary N) is 2. The Morgan fingerprint density at radius 2 is 1.91 bits per heavy atom. The Morgan fingerprint density at radius 3 is 2.52 bits per heavy atom. The van der Waals surface area contributed by atoms with Crippen LogP contribution >= 0.6 is 24.0 Å². The van der Waals surface area contributed by atoms with Gasteiger partial charge in [-0.15, -0.1) is 24.0 Å². The largest absolute Gasteiger partial charge is 0.380 e. The number of rotatable bonds is 9. The van der Waals surface area contributed by atoms with Gasteiger partial charge in [0.1, 0.15) is 6.54 Å². The van der Waals surface area contributed by atoms with Crippen LogP contribution in [-0.2, 0) is 9.53 Å². The van der Waals surface area contributed by atoms with E-state index in [1.54, 1.807) is 0 Å². The smallest absolute Gasteiger partial charge is 0.244 e. The number of nitrogens with zero attached hydrogens (tertiary/aromatic N) is 2. The van der Waals surface area contributed by atoms with Gasteiger partial charge in [-0.3, -0.25) is 4.79 Å². The molecule has 0 aliphatic carbocycles. The quantitative estimate of drug-likeness (QED) is 0.249. The van der Waals surface area contributed by atoms with E-state index in [1.165, 1.54) is 0 Å². The van der Waals surface area contributed by atoms with Gasteiger partial charge in [0, 0.05) is 32.8 Å². The molecule has 7 heteroatoms. The number of hydrogen-bond acceptors (Lipinski definition) is 3. The van der Waals surface area contributed by atoms with Crippen molar-refractivity contribution in [1.29, 1.82) is 0 Å². The number of guanidine groups is 1. The number of hydrogen-bond donors (Lipinski definition) is 2. The third-order valence-electron chi connectivity index (χ3n) is 3.55. The summed E-state index contributed by atoms with van der Waals surface area (Å²) in [5.41, 5.74) is 0. The second-order valence-corrected chi connectivity index (χ2v) is 6.00. The third kappa shape index (κ3) is 10.8. The van der Waals surface area contributed by atoms with Gasteiger partial charge in [0.05, 0.1) is 6.61 Å². The van der Waals surface area contributed by atoms with Crippen LogP contribution in [0, 0.1) is 5.92 Å². The summed E-state index contributed by atoms with van der Waals surface area (Å²) in [5, 5.41) is 6.35. The van der Waals surface area contributed by atoms with Gasteiger partial charge >= 0.3 is 0 Å². The van der Waals surface area contributed by atoms with Crippen LogP contribution in [0.3, 0.4) is 0 Å². The normalized spacial score (nSPS) is 14.8. The molecule has 2 N–H and O–H groups in total. The van der Waals surface area contributed by atoms with Crippen LogP contribution in [0.15, 0.2) is 4.99 Å². The third-order valence-corrected chi connectivity index (χ3v) is 3.55. The van der Waals surface area contributed by atoms with E-state index in [-0.39, 0.29) is 36.4 Å². The van der Waals surface area contributed by atoms with Gasteiger partial charge in [-0.1, -0.05) is 13.8 Å². The van der Waals surface area contributed by atoms with Crippen molar-refractivity contribution in [1.82, 2.24) is 15.5 Å². The van der Waals surface area contributed by atoms with E-state index in [0.717, 1.165) is 45.5 Å². The van der Waals surface area contributed by atoms with Crippen LogP contribution in [-0.4, -0.2) is 62.7 Å². The fourth-order valence-electron chi connectivity index (χ4n) is 2.22. The number of carbonyl (C=O) groups excluding carboxylic acids is 1. The predicted octanol–water partition coefficient (Wildman–Crippen LogP) is 1.84. The van der Waals surface area contributed by atoms with Crippen molar-refractivity contribution in [3.63, 3.8) is 0 Å². The van der Waals surface area contributed by atoms with Crippen LogP contribution in [0.25, 0.3) is 0 Å². The maximum absolute atomic E-state index is 12.0. The molecule has 23 heavy (non-hydrogen) atoms. The first kappa shape index (κ1) is 22.4. The predicted molar refractivity (Wildman–Crippen MR) is 105 cm³/mol. The summed E-state index contributed by atoms with van der Waals surface area (Å²) in [6, 6.07) is 0. The molecule has 1 heterocycles. The summed E-state index contributed by atoms with van der Waals surface area (Å²) in [7, 11) is 0. The standard InChI is InChI=1S/C16H32N4O2.HI/c1-4-17-16(18-8-12-22-11-7-14(2)3)19-13-15(21)20-9-5-6-10-20;/h14H,4-13H2,1-3H3,(H2,17,18,19);1H. The van der Waals surface area contributed by atoms with Crippen molar-refractivity contribution in [3.8, 4) is 0 Å². The zero-order valence-corrected chi connectivity index (χ0v) is 17.1. The number of carbonyl (C=O) groups is 1. The highest BCUT2D eigenvalue weighted by atomic mass is 127. The Balaban J connectivity index is 0.00000484. The molecule has 0 atom stereocenters. The van der Waals surface area contributed by atoms with Crippen molar-refractivity contribution in [2.24, 2.45) is 10.9 Å². The molecule has 0 aromatic carbocycles. The Labute approximate surface area is 157 Å². The summed E-state index contributed by atoms with van der Waals surface area (Å²) >= 11 is 0. The number of ether oxygens (including phenoxy) is 1. The van der Waals surface area contributed by atoms with Crippen LogP contribution in [0.2, 0.25) is 0 Å². The molecule has 1 amide bonds. The fraction of sp³-hybridized carbons (Fsp3) is 0.875. The van der Waals surface area contributed by atoms with Crippen LogP contribution in [0.4, 0.5) is 0 Å². The average Bonchev–Trinajstić information content (AvgIpc) is 3.01. The highest BCUT2D eigenvalue weighted by molar-refractivity contribution is 14.0. The molecule has 0 aromatic heterocycles. The first-order valence-electron chi connectivity index (χ1n) is 8.51. The van der Waals surface area contributed by atoms with E-state index in [9.17, 15) is 4.79 Å². The monoisotopic (exact) mass is 440 g/mol. The molecular formula is C16H33IN4O2. The minimum Gasteiger partial charge on any atom is -0.380 e. The molecule has 0 radical (unpaired) electrons. The lowest BCUT2D eigenvalue weighted by Crippen LogP contribution is -2.40. The first-order valence-corrected chi connectivity index (χ1v) is 8.51. The Hall–Kier alpha value is -0.570. The van der Waals surface area contributed by atoms with Gasteiger partial charge in [-0.2, -0.15) is 0 Å². The van der Waals surface area contributed by atoms with E-state index >= 15 is 0 Å². The summed E-state index contributed by atoms with van der Waals surface area (Å²) in [5.74, 6) is 1.47. The van der Waals surface area contributed by atoms with E-state index in [2.05, 4.69) is 29.5 Å². The fourth-order valence-corrected chi connectivity index (χ4v) is 2.22. The lowest BCUT2D eigenvalue weighted by atomic mass is 10.1. The molecule has 0 spiro atoms. The highest BCUT2D eigenvalue weighted by Crippen LogP contribution is 2.07. The Morgan fingerprint density at radius 1 is 1.22 bits per heavy atom. The van der Waals surface area contributed by atoms with E-state index in [0.29, 0.717) is 25.0 Å². The highest BCUT2D eigenvalue weighted by Gasteiger charge is 2.17. The van der Waals surface area contributed by atoms with E-state index < -0.39 is 0 Å². The van der Waals surface area contributed by atoms with Crippen molar-refractivity contribution >= 4 is 35.8 Å². The molecule has 0 unspecified atom stereocenters. The van der Waals surface area contributed by atoms with E-state index in [4.69, 9.17) is 4.74 Å². The van der Waals surface area contributed by atoms with Crippen LogP contribution in [0.1, 0.15) is 40.0 Å². The number of halogens is 1. The summed E-state index contributed by atoms with van der Waals surface area (Å²) < 4.78 is 5.56. The average molecular weight is 440 g/mol. The maximum atomic E-state index is 12.0. The van der Waals surface area contributed by atoms with Gasteiger partial charge in [-0.05, 0) is 32.1 Å². The Bertz CT molecular complexity index is 345. The summed E-state index contributed by atoms with van der Waals surface area (Å²) in [4.78, 5) is 18.2. The van der Waals surface area contributed by atoms with Crippen LogP contribution < -0.4 is 10.6 Å². The molecule has 1 aliphatic rings. The van der Waals surface area contributed by atoms with Gasteiger partial charge in [0.15, 0.2) is 5.96 Å². The second kappa shape index (κ2) is 13.8. The van der Waals surface area contributed by atoms with Gasteiger partial charge < -0.3 is 20.3 Å². The molecule has 1 rings (SSSR count). The molecule has 0 aromatic rings. The first-order chi connectivity index (χ1) is 10.6. The molecule has 1 fully saturated rings. The molecular weight excluding hydrogens is 407 g/mol. The zero-order chi connectivity index (χ0) is 16.2. The second-order valence-electron chi connectivity index (χ2n) is 6.00. The van der Waals surface area contributed by atoms with Crippen LogP contribution in [0.5, 0.6) is 0 Å².